The molecule has 0 aliphatic carbocycles. The number of benzene rings is 2. The van der Waals surface area contributed by atoms with Crippen molar-refractivity contribution in [3.8, 4) is 0 Å². The number of aryl methyl sites for hydroxylation is 2. The summed E-state index contributed by atoms with van der Waals surface area (Å²) in [6.07, 6.45) is 17.1. The molecule has 31 heavy (non-hydrogen) atoms. The Kier molecular flexibility index (Phi) is 15.1. The minimum atomic E-state index is -4.43. The van der Waals surface area contributed by atoms with Gasteiger partial charge in [-0.15, -0.1) is 0 Å². The van der Waals surface area contributed by atoms with Crippen LogP contribution in [-0.2, 0) is 23.0 Å². The van der Waals surface area contributed by atoms with Crippen molar-refractivity contribution >= 4 is 20.9 Å². The van der Waals surface area contributed by atoms with Crippen LogP contribution in [-0.4, -0.2) is 13.0 Å². The fraction of sp³-hybridized carbons (Fsp3) is 0.615. The van der Waals surface area contributed by atoms with Gasteiger partial charge < -0.3 is 4.55 Å². The Balaban J connectivity index is 0.00000480. The van der Waals surface area contributed by atoms with Gasteiger partial charge in [-0.1, -0.05) is 96.3 Å². The van der Waals surface area contributed by atoms with E-state index in [9.17, 15) is 13.0 Å². The Morgan fingerprint density at radius 1 is 0.710 bits per heavy atom. The average Bonchev–Trinajstić information content (AvgIpc) is 2.72. The molecular weight excluding hydrogens is 431 g/mol. The predicted molar refractivity (Wildman–Crippen MR) is 126 cm³/mol. The van der Waals surface area contributed by atoms with E-state index in [1.807, 2.05) is 0 Å². The first-order valence-corrected chi connectivity index (χ1v) is 13.4. The van der Waals surface area contributed by atoms with Crippen LogP contribution < -0.4 is 51.4 Å². The number of unbranched alkanes of at least 4 members (excludes halogenated alkanes) is 10. The maximum Gasteiger partial charge on any atom is 1.00 e. The van der Waals surface area contributed by atoms with Gasteiger partial charge >= 0.3 is 51.4 Å². The molecule has 0 heterocycles. The van der Waals surface area contributed by atoms with Crippen LogP contribution in [0.3, 0.4) is 0 Å². The van der Waals surface area contributed by atoms with Crippen LogP contribution in [0.5, 0.6) is 0 Å². The third-order valence-electron chi connectivity index (χ3n) is 5.98. The van der Waals surface area contributed by atoms with Gasteiger partial charge in [-0.25, -0.2) is 8.42 Å². The average molecular weight is 471 g/mol. The molecule has 0 atom stereocenters. The van der Waals surface area contributed by atoms with Crippen molar-refractivity contribution in [2.24, 2.45) is 0 Å². The first-order valence-electron chi connectivity index (χ1n) is 12.0. The standard InChI is InChI=1S/C26H40O3S.K/c1-3-5-7-9-11-13-15-22-19-23(16-14-12-10-8-6-4-2)26-21-25(30(27,28)29)18-17-24(26)20-22;/h17-21H,3-16H2,1-2H3,(H,27,28,29);/q;+1/p-1. The molecule has 0 aliphatic heterocycles. The van der Waals surface area contributed by atoms with Gasteiger partial charge in [0.25, 0.3) is 0 Å². The molecule has 0 unspecified atom stereocenters. The van der Waals surface area contributed by atoms with E-state index in [0.717, 1.165) is 30.0 Å². The van der Waals surface area contributed by atoms with Crippen LogP contribution in [0.2, 0.25) is 0 Å². The topological polar surface area (TPSA) is 57.2 Å². The summed E-state index contributed by atoms with van der Waals surface area (Å²) in [5.74, 6) is 0. The van der Waals surface area contributed by atoms with E-state index in [1.165, 1.54) is 87.8 Å². The number of hydrogen-bond acceptors (Lipinski definition) is 3. The van der Waals surface area contributed by atoms with Crippen molar-refractivity contribution in [2.75, 3.05) is 0 Å². The summed E-state index contributed by atoms with van der Waals surface area (Å²) in [5, 5.41) is 1.97. The molecule has 2 rings (SSSR count). The minimum absolute atomic E-state index is 0. The molecule has 0 saturated carbocycles. The molecule has 0 saturated heterocycles. The molecule has 0 aromatic heterocycles. The van der Waals surface area contributed by atoms with Crippen molar-refractivity contribution in [1.29, 1.82) is 0 Å². The maximum absolute atomic E-state index is 11.5. The molecule has 0 radical (unpaired) electrons. The van der Waals surface area contributed by atoms with E-state index >= 15 is 0 Å². The molecule has 5 heteroatoms. The first kappa shape index (κ1) is 29.3. The van der Waals surface area contributed by atoms with Gasteiger partial charge in [0.05, 0.1) is 4.90 Å². The molecule has 0 fully saturated rings. The summed E-state index contributed by atoms with van der Waals surface area (Å²) in [4.78, 5) is -0.122. The van der Waals surface area contributed by atoms with Crippen molar-refractivity contribution < 1.29 is 64.4 Å². The zero-order chi connectivity index (χ0) is 21.8. The van der Waals surface area contributed by atoms with Crippen molar-refractivity contribution in [2.45, 2.75) is 109 Å². The number of hydrogen-bond donors (Lipinski definition) is 0. The van der Waals surface area contributed by atoms with Crippen LogP contribution in [0, 0.1) is 0 Å². The van der Waals surface area contributed by atoms with E-state index in [4.69, 9.17) is 0 Å². The molecular formula is C26H39KO3S. The number of rotatable bonds is 15. The molecule has 0 aliphatic rings. The zero-order valence-electron chi connectivity index (χ0n) is 19.9. The molecule has 0 N–H and O–H groups in total. The van der Waals surface area contributed by atoms with E-state index in [2.05, 4.69) is 26.0 Å². The summed E-state index contributed by atoms with van der Waals surface area (Å²) in [7, 11) is -4.43. The molecule has 0 bridgehead atoms. The van der Waals surface area contributed by atoms with Crippen LogP contribution in [0.1, 0.15) is 102 Å². The van der Waals surface area contributed by atoms with E-state index in [-0.39, 0.29) is 56.3 Å². The van der Waals surface area contributed by atoms with Gasteiger partial charge in [-0.05, 0) is 59.7 Å². The SMILES string of the molecule is CCCCCCCCc1cc(CCCCCCCC)c2cc(S(=O)(=O)[O-])ccc2c1.[K+]. The fourth-order valence-corrected chi connectivity index (χ4v) is 4.69. The van der Waals surface area contributed by atoms with Crippen LogP contribution in [0.15, 0.2) is 35.2 Å². The zero-order valence-corrected chi connectivity index (χ0v) is 23.9. The van der Waals surface area contributed by atoms with Gasteiger partial charge in [0.2, 0.25) is 0 Å². The third kappa shape index (κ3) is 10.8. The molecule has 0 amide bonds. The van der Waals surface area contributed by atoms with Gasteiger partial charge in [-0.3, -0.25) is 0 Å². The van der Waals surface area contributed by atoms with E-state index in [1.54, 1.807) is 12.1 Å². The summed E-state index contributed by atoms with van der Waals surface area (Å²) in [6.45, 7) is 4.47. The summed E-state index contributed by atoms with van der Waals surface area (Å²) >= 11 is 0. The second-order valence-corrected chi connectivity index (χ2v) is 10.0. The first-order chi connectivity index (χ1) is 14.5. The maximum atomic E-state index is 11.5. The molecule has 2 aromatic rings. The quantitative estimate of drug-likeness (QED) is 0.218. The Morgan fingerprint density at radius 2 is 1.26 bits per heavy atom. The predicted octanol–water partition coefficient (Wildman–Crippen LogP) is 4.55. The van der Waals surface area contributed by atoms with Crippen molar-refractivity contribution in [1.82, 2.24) is 0 Å². The molecule has 3 nitrogen and oxygen atoms in total. The van der Waals surface area contributed by atoms with Gasteiger partial charge in [0, 0.05) is 0 Å². The van der Waals surface area contributed by atoms with Gasteiger partial charge in [0.15, 0.2) is 0 Å². The Bertz CT molecular complexity index is 878. The van der Waals surface area contributed by atoms with Crippen LogP contribution in [0.25, 0.3) is 10.8 Å². The minimum Gasteiger partial charge on any atom is -0.744 e. The van der Waals surface area contributed by atoms with Crippen molar-refractivity contribution in [3.05, 3.63) is 41.5 Å². The molecule has 168 valence electrons. The van der Waals surface area contributed by atoms with E-state index < -0.39 is 10.1 Å². The second-order valence-electron chi connectivity index (χ2n) is 8.63. The number of fused-ring (bicyclic) bond motifs is 1. The smallest absolute Gasteiger partial charge is 0.744 e. The second kappa shape index (κ2) is 16.0. The largest absolute Gasteiger partial charge is 1.00 e. The summed E-state index contributed by atoms with van der Waals surface area (Å²) in [5.41, 5.74) is 2.52. The third-order valence-corrected chi connectivity index (χ3v) is 6.81. The Hall–Kier alpha value is 0.246. The summed E-state index contributed by atoms with van der Waals surface area (Å²) in [6, 6.07) is 9.26. The normalized spacial score (nSPS) is 11.6. The van der Waals surface area contributed by atoms with Gasteiger partial charge in [-0.2, -0.15) is 0 Å². The Labute approximate surface area is 233 Å². The van der Waals surface area contributed by atoms with Crippen LogP contribution >= 0.6 is 0 Å². The van der Waals surface area contributed by atoms with Crippen LogP contribution in [0.4, 0.5) is 0 Å². The van der Waals surface area contributed by atoms with E-state index in [0.29, 0.717) is 0 Å². The monoisotopic (exact) mass is 470 g/mol. The molecule has 2 aromatic carbocycles. The fourth-order valence-electron chi connectivity index (χ4n) is 4.19. The van der Waals surface area contributed by atoms with Gasteiger partial charge in [0.1, 0.15) is 10.1 Å². The molecule has 0 spiro atoms. The van der Waals surface area contributed by atoms with Crippen molar-refractivity contribution in [3.63, 3.8) is 0 Å². The Morgan fingerprint density at radius 3 is 1.84 bits per heavy atom. The summed E-state index contributed by atoms with van der Waals surface area (Å²) < 4.78 is 34.5.